The Hall–Kier alpha value is -1.27. The molecule has 1 aromatic carbocycles. The fourth-order valence-electron chi connectivity index (χ4n) is 2.00. The number of nitrogens with zero attached hydrogens (tertiary/aromatic N) is 1. The van der Waals surface area contributed by atoms with E-state index >= 15 is 0 Å². The molecule has 0 fully saturated rings. The van der Waals surface area contributed by atoms with Crippen molar-refractivity contribution in [2.45, 2.75) is 25.7 Å². The van der Waals surface area contributed by atoms with Gasteiger partial charge in [0.2, 0.25) is 0 Å². The van der Waals surface area contributed by atoms with Crippen LogP contribution in [-0.4, -0.2) is 39.9 Å². The van der Waals surface area contributed by atoms with Gasteiger partial charge in [0, 0.05) is 29.8 Å². The second-order valence-corrected chi connectivity index (χ2v) is 8.56. The quantitative estimate of drug-likeness (QED) is 0.795. The van der Waals surface area contributed by atoms with Gasteiger partial charge in [0.15, 0.2) is 0 Å². The van der Waals surface area contributed by atoms with E-state index in [2.05, 4.69) is 0 Å². The Labute approximate surface area is 130 Å². The molecule has 1 amide bonds. The van der Waals surface area contributed by atoms with Gasteiger partial charge in [-0.3, -0.25) is 4.79 Å². The summed E-state index contributed by atoms with van der Waals surface area (Å²) in [6.45, 7) is 6.58. The molecule has 0 saturated carbocycles. The summed E-state index contributed by atoms with van der Waals surface area (Å²) >= 11 is 0. The molecule has 0 aromatic heterocycles. The van der Waals surface area contributed by atoms with Crippen molar-refractivity contribution in [2.75, 3.05) is 20.7 Å². The van der Waals surface area contributed by atoms with Crippen LogP contribution < -0.4 is 4.74 Å². The molecule has 0 unspecified atom stereocenters. The molecule has 0 N–H and O–H groups in total. The summed E-state index contributed by atoms with van der Waals surface area (Å²) in [5, 5.41) is 0. The van der Waals surface area contributed by atoms with Gasteiger partial charge in [-0.2, -0.15) is 0 Å². The molecular weight excluding hydrogens is 314 g/mol. The molecule has 0 aliphatic carbocycles. The third kappa shape index (κ3) is 4.89. The molecule has 7 heteroatoms. The lowest BCUT2D eigenvalue weighted by Gasteiger charge is -2.26. The molecular formula is C14H20ClNO4S. The van der Waals surface area contributed by atoms with Crippen LogP contribution in [0.15, 0.2) is 23.1 Å². The SMILES string of the molecule is COc1ccc(C(=O)N(C)CC(C)(C)C)cc1S(=O)(=O)Cl. The number of halogens is 1. The van der Waals surface area contributed by atoms with Crippen LogP contribution in [0.3, 0.4) is 0 Å². The number of benzene rings is 1. The first-order valence-corrected chi connectivity index (χ1v) is 8.65. The first kappa shape index (κ1) is 17.8. The molecule has 0 atom stereocenters. The lowest BCUT2D eigenvalue weighted by atomic mass is 9.96. The maximum absolute atomic E-state index is 12.3. The average molecular weight is 334 g/mol. The van der Waals surface area contributed by atoms with E-state index < -0.39 is 9.05 Å². The minimum atomic E-state index is -3.99. The molecule has 21 heavy (non-hydrogen) atoms. The molecule has 0 aliphatic heterocycles. The number of hydrogen-bond donors (Lipinski definition) is 0. The predicted octanol–water partition coefficient (Wildman–Crippen LogP) is 2.74. The number of carbonyl (C=O) groups is 1. The van der Waals surface area contributed by atoms with Crippen LogP contribution in [0.1, 0.15) is 31.1 Å². The molecule has 0 saturated heterocycles. The van der Waals surface area contributed by atoms with Crippen LogP contribution in [0.5, 0.6) is 5.75 Å². The van der Waals surface area contributed by atoms with Gasteiger partial charge in [-0.05, 0) is 23.6 Å². The van der Waals surface area contributed by atoms with Crippen molar-refractivity contribution in [1.29, 1.82) is 0 Å². The monoisotopic (exact) mass is 333 g/mol. The molecule has 0 radical (unpaired) electrons. The fourth-order valence-corrected chi connectivity index (χ4v) is 3.03. The summed E-state index contributed by atoms with van der Waals surface area (Å²) in [7, 11) is 4.40. The highest BCUT2D eigenvalue weighted by molar-refractivity contribution is 8.13. The number of amides is 1. The maximum atomic E-state index is 12.3. The van der Waals surface area contributed by atoms with Gasteiger partial charge in [0.25, 0.3) is 15.0 Å². The van der Waals surface area contributed by atoms with E-state index in [1.54, 1.807) is 11.9 Å². The first-order chi connectivity index (χ1) is 9.45. The van der Waals surface area contributed by atoms with Gasteiger partial charge >= 0.3 is 0 Å². The van der Waals surface area contributed by atoms with Crippen LogP contribution in [-0.2, 0) is 9.05 Å². The standard InChI is InChI=1S/C14H20ClNO4S/c1-14(2,3)9-16(4)13(17)10-6-7-11(20-5)12(8-10)21(15,18)19/h6-8H,9H2,1-5H3. The summed E-state index contributed by atoms with van der Waals surface area (Å²) in [6.07, 6.45) is 0. The van der Waals surface area contributed by atoms with E-state index in [0.29, 0.717) is 6.54 Å². The van der Waals surface area contributed by atoms with Crippen LogP contribution in [0.25, 0.3) is 0 Å². The predicted molar refractivity (Wildman–Crippen MR) is 82.4 cm³/mol. The van der Waals surface area contributed by atoms with Crippen molar-refractivity contribution in [3.05, 3.63) is 23.8 Å². The molecule has 5 nitrogen and oxygen atoms in total. The van der Waals surface area contributed by atoms with Crippen molar-refractivity contribution in [2.24, 2.45) is 5.41 Å². The van der Waals surface area contributed by atoms with Crippen molar-refractivity contribution in [3.8, 4) is 5.75 Å². The minimum Gasteiger partial charge on any atom is -0.495 e. The Bertz CT molecular complexity index is 635. The average Bonchev–Trinajstić information content (AvgIpc) is 2.34. The smallest absolute Gasteiger partial charge is 0.265 e. The van der Waals surface area contributed by atoms with Crippen molar-refractivity contribution < 1.29 is 17.9 Å². The highest BCUT2D eigenvalue weighted by Gasteiger charge is 2.23. The first-order valence-electron chi connectivity index (χ1n) is 6.34. The van der Waals surface area contributed by atoms with Crippen LogP contribution in [0.4, 0.5) is 0 Å². The largest absolute Gasteiger partial charge is 0.495 e. The molecule has 0 heterocycles. The van der Waals surface area contributed by atoms with E-state index in [0.717, 1.165) is 0 Å². The van der Waals surface area contributed by atoms with Gasteiger partial charge in [-0.1, -0.05) is 20.8 Å². The minimum absolute atomic E-state index is 0.0573. The van der Waals surface area contributed by atoms with Gasteiger partial charge in [0.05, 0.1) is 7.11 Å². The normalized spacial score (nSPS) is 12.1. The Morgan fingerprint density at radius 1 is 1.33 bits per heavy atom. The zero-order valence-electron chi connectivity index (χ0n) is 12.8. The van der Waals surface area contributed by atoms with Gasteiger partial charge < -0.3 is 9.64 Å². The van der Waals surface area contributed by atoms with Crippen molar-refractivity contribution >= 4 is 25.6 Å². The third-order valence-electron chi connectivity index (χ3n) is 2.73. The highest BCUT2D eigenvalue weighted by Crippen LogP contribution is 2.28. The summed E-state index contributed by atoms with van der Waals surface area (Å²) in [4.78, 5) is 13.7. The summed E-state index contributed by atoms with van der Waals surface area (Å²) < 4.78 is 28.1. The number of ether oxygens (including phenoxy) is 1. The number of methoxy groups -OCH3 is 1. The second kappa shape index (κ2) is 6.23. The Balaban J connectivity index is 3.18. The summed E-state index contributed by atoms with van der Waals surface area (Å²) in [6, 6.07) is 4.18. The van der Waals surface area contributed by atoms with Gasteiger partial charge in [0.1, 0.15) is 10.6 Å². The fraction of sp³-hybridized carbons (Fsp3) is 0.500. The molecule has 0 aliphatic rings. The summed E-state index contributed by atoms with van der Waals surface area (Å²) in [5.41, 5.74) is 0.194. The number of rotatable bonds is 4. The van der Waals surface area contributed by atoms with Crippen LogP contribution in [0, 0.1) is 5.41 Å². The van der Waals surface area contributed by atoms with Crippen LogP contribution >= 0.6 is 10.7 Å². The number of hydrogen-bond acceptors (Lipinski definition) is 4. The lowest BCUT2D eigenvalue weighted by Crippen LogP contribution is -2.34. The van der Waals surface area contributed by atoms with Gasteiger partial charge in [-0.15, -0.1) is 0 Å². The zero-order valence-corrected chi connectivity index (χ0v) is 14.4. The second-order valence-electron chi connectivity index (χ2n) is 6.03. The molecule has 0 spiro atoms. The molecule has 1 aromatic rings. The van der Waals surface area contributed by atoms with E-state index in [-0.39, 0.29) is 27.5 Å². The highest BCUT2D eigenvalue weighted by atomic mass is 35.7. The zero-order chi connectivity index (χ0) is 16.4. The third-order valence-corrected chi connectivity index (χ3v) is 4.07. The topological polar surface area (TPSA) is 63.7 Å². The van der Waals surface area contributed by atoms with E-state index in [1.165, 1.54) is 25.3 Å². The van der Waals surface area contributed by atoms with Gasteiger partial charge in [-0.25, -0.2) is 8.42 Å². The molecule has 118 valence electrons. The van der Waals surface area contributed by atoms with Crippen molar-refractivity contribution in [1.82, 2.24) is 4.90 Å². The Kier molecular flexibility index (Phi) is 5.28. The lowest BCUT2D eigenvalue weighted by molar-refractivity contribution is 0.0745. The summed E-state index contributed by atoms with van der Waals surface area (Å²) in [5.74, 6) is -0.158. The molecule has 1 rings (SSSR count). The van der Waals surface area contributed by atoms with E-state index in [4.69, 9.17) is 15.4 Å². The Morgan fingerprint density at radius 2 is 1.90 bits per heavy atom. The van der Waals surface area contributed by atoms with E-state index in [1.807, 2.05) is 20.8 Å². The maximum Gasteiger partial charge on any atom is 0.265 e. The van der Waals surface area contributed by atoms with E-state index in [9.17, 15) is 13.2 Å². The van der Waals surface area contributed by atoms with Crippen LogP contribution in [0.2, 0.25) is 0 Å². The Morgan fingerprint density at radius 3 is 2.33 bits per heavy atom. The molecule has 0 bridgehead atoms. The number of carbonyl (C=O) groups excluding carboxylic acids is 1. The van der Waals surface area contributed by atoms with Crippen molar-refractivity contribution in [3.63, 3.8) is 0 Å².